The zero-order valence-electron chi connectivity index (χ0n) is 4.64. The Kier molecular flexibility index (Phi) is 2.64. The molecule has 0 heterocycles. The van der Waals surface area contributed by atoms with Crippen LogP contribution in [0, 0.1) is 0 Å². The number of aliphatic hydroxyl groups is 1. The van der Waals surface area contributed by atoms with Gasteiger partial charge in [0, 0.05) is 7.11 Å². The Bertz CT molecular complexity index is 68.5. The zero-order chi connectivity index (χ0) is 5.86. The first-order valence-electron chi connectivity index (χ1n) is 2.04. The fourth-order valence-corrected chi connectivity index (χ4v) is 0.201. The fourth-order valence-electron chi connectivity index (χ4n) is 0.201. The normalized spacial score (nSPS) is 13.6. The highest BCUT2D eigenvalue weighted by molar-refractivity contribution is 4.91. The van der Waals surface area contributed by atoms with Crippen LogP contribution in [0.2, 0.25) is 0 Å². The van der Waals surface area contributed by atoms with Gasteiger partial charge in [-0.1, -0.05) is 6.58 Å². The predicted molar refractivity (Wildman–Crippen MR) is 27.8 cm³/mol. The first kappa shape index (κ1) is 6.66. The average Bonchev–Trinajstić information content (AvgIpc) is 1.65. The number of hydrogen-bond donors (Lipinski definition) is 1. The molecule has 0 radical (unpaired) electrons. The molecule has 0 saturated heterocycles. The molecule has 0 fully saturated rings. The van der Waals surface area contributed by atoms with Crippen LogP contribution in [0.5, 0.6) is 0 Å². The minimum absolute atomic E-state index is 0.627. The van der Waals surface area contributed by atoms with Crippen molar-refractivity contribution in [2.45, 2.75) is 13.2 Å². The fraction of sp³-hybridized carbons (Fsp3) is 0.600. The van der Waals surface area contributed by atoms with Crippen molar-refractivity contribution in [2.75, 3.05) is 7.11 Å². The van der Waals surface area contributed by atoms with E-state index in [1.807, 2.05) is 0 Å². The summed E-state index contributed by atoms with van der Waals surface area (Å²) in [5.74, 6) is 0. The van der Waals surface area contributed by atoms with Crippen molar-refractivity contribution < 1.29 is 9.84 Å². The molecule has 0 aromatic carbocycles. The molecule has 0 rings (SSSR count). The predicted octanol–water partition coefficient (Wildman–Crippen LogP) is 0.527. The van der Waals surface area contributed by atoms with E-state index in [0.29, 0.717) is 5.57 Å². The highest BCUT2D eigenvalue weighted by atomic mass is 16.6. The van der Waals surface area contributed by atoms with Crippen molar-refractivity contribution in [3.8, 4) is 0 Å². The zero-order valence-corrected chi connectivity index (χ0v) is 4.64. The lowest BCUT2D eigenvalue weighted by atomic mass is 10.3. The summed E-state index contributed by atoms with van der Waals surface area (Å²) in [5, 5.41) is 8.61. The van der Waals surface area contributed by atoms with Gasteiger partial charge in [-0.15, -0.1) is 0 Å². The maximum atomic E-state index is 8.61. The third kappa shape index (κ3) is 2.37. The second-order valence-corrected chi connectivity index (χ2v) is 1.43. The van der Waals surface area contributed by atoms with Crippen LogP contribution >= 0.6 is 0 Å². The SMILES string of the molecule is C=C(C)C(O)OC. The highest BCUT2D eigenvalue weighted by Gasteiger charge is 1.97. The molecule has 0 aliphatic heterocycles. The van der Waals surface area contributed by atoms with Crippen molar-refractivity contribution >= 4 is 0 Å². The van der Waals surface area contributed by atoms with Gasteiger partial charge in [-0.25, -0.2) is 0 Å². The quantitative estimate of drug-likeness (QED) is 0.407. The van der Waals surface area contributed by atoms with Crippen LogP contribution < -0.4 is 0 Å². The first-order chi connectivity index (χ1) is 3.18. The van der Waals surface area contributed by atoms with E-state index in [4.69, 9.17) is 5.11 Å². The molecule has 0 bridgehead atoms. The lowest BCUT2D eigenvalue weighted by Crippen LogP contribution is -2.08. The Morgan fingerprint density at radius 1 is 1.86 bits per heavy atom. The standard InChI is InChI=1S/C5H10O2/c1-4(2)5(6)7-3/h5-6H,1H2,2-3H3. The second kappa shape index (κ2) is 2.77. The molecular weight excluding hydrogens is 92.1 g/mol. The molecule has 1 unspecified atom stereocenters. The van der Waals surface area contributed by atoms with Crippen LogP contribution in [0.4, 0.5) is 0 Å². The number of rotatable bonds is 2. The topological polar surface area (TPSA) is 29.5 Å². The van der Waals surface area contributed by atoms with E-state index in [9.17, 15) is 0 Å². The van der Waals surface area contributed by atoms with Crippen LogP contribution in [0.15, 0.2) is 12.2 Å². The van der Waals surface area contributed by atoms with Gasteiger partial charge >= 0.3 is 0 Å². The highest BCUT2D eigenvalue weighted by Crippen LogP contribution is 1.94. The van der Waals surface area contributed by atoms with Crippen molar-refractivity contribution in [1.29, 1.82) is 0 Å². The molecule has 2 nitrogen and oxygen atoms in total. The largest absolute Gasteiger partial charge is 0.364 e. The van der Waals surface area contributed by atoms with E-state index in [-0.39, 0.29) is 0 Å². The molecule has 7 heavy (non-hydrogen) atoms. The number of hydrogen-bond acceptors (Lipinski definition) is 2. The van der Waals surface area contributed by atoms with E-state index in [1.165, 1.54) is 7.11 Å². The number of aliphatic hydroxyl groups excluding tert-OH is 1. The molecule has 0 spiro atoms. The van der Waals surface area contributed by atoms with Gasteiger partial charge in [-0.2, -0.15) is 0 Å². The van der Waals surface area contributed by atoms with Crippen LogP contribution in [-0.2, 0) is 4.74 Å². The average molecular weight is 102 g/mol. The summed E-state index contributed by atoms with van der Waals surface area (Å²) in [5.41, 5.74) is 0.627. The van der Waals surface area contributed by atoms with E-state index >= 15 is 0 Å². The van der Waals surface area contributed by atoms with Gasteiger partial charge in [0.1, 0.15) is 0 Å². The van der Waals surface area contributed by atoms with Crippen molar-refractivity contribution in [3.05, 3.63) is 12.2 Å². The molecule has 0 aromatic heterocycles. The molecule has 1 atom stereocenters. The summed E-state index contributed by atoms with van der Waals surface area (Å²) in [6.07, 6.45) is -0.792. The van der Waals surface area contributed by atoms with Gasteiger partial charge in [-0.3, -0.25) is 0 Å². The Morgan fingerprint density at radius 3 is 2.29 bits per heavy atom. The van der Waals surface area contributed by atoms with Crippen LogP contribution in [-0.4, -0.2) is 18.5 Å². The van der Waals surface area contributed by atoms with E-state index < -0.39 is 6.29 Å². The summed E-state index contributed by atoms with van der Waals surface area (Å²) in [7, 11) is 1.43. The number of methoxy groups -OCH3 is 1. The smallest absolute Gasteiger partial charge is 0.176 e. The summed E-state index contributed by atoms with van der Waals surface area (Å²) < 4.78 is 4.47. The summed E-state index contributed by atoms with van der Waals surface area (Å²) >= 11 is 0. The minimum Gasteiger partial charge on any atom is -0.364 e. The second-order valence-electron chi connectivity index (χ2n) is 1.43. The summed E-state index contributed by atoms with van der Waals surface area (Å²) in [6, 6.07) is 0. The van der Waals surface area contributed by atoms with Gasteiger partial charge < -0.3 is 9.84 Å². The van der Waals surface area contributed by atoms with Gasteiger partial charge in [0.25, 0.3) is 0 Å². The molecule has 0 saturated carbocycles. The number of ether oxygens (including phenoxy) is 1. The van der Waals surface area contributed by atoms with E-state index in [1.54, 1.807) is 6.92 Å². The van der Waals surface area contributed by atoms with Gasteiger partial charge in [0.2, 0.25) is 0 Å². The lowest BCUT2D eigenvalue weighted by Gasteiger charge is -2.04. The molecule has 0 aromatic rings. The molecule has 0 aliphatic carbocycles. The minimum atomic E-state index is -0.792. The Hall–Kier alpha value is -0.340. The van der Waals surface area contributed by atoms with Gasteiger partial charge in [0.05, 0.1) is 0 Å². The third-order valence-electron chi connectivity index (χ3n) is 0.645. The Morgan fingerprint density at radius 2 is 2.29 bits per heavy atom. The molecule has 1 N–H and O–H groups in total. The molecular formula is C5H10O2. The van der Waals surface area contributed by atoms with Crippen molar-refractivity contribution in [1.82, 2.24) is 0 Å². The summed E-state index contributed by atoms with van der Waals surface area (Å²) in [6.45, 7) is 5.15. The van der Waals surface area contributed by atoms with Crippen LogP contribution in [0.1, 0.15) is 6.92 Å². The molecule has 2 heteroatoms. The van der Waals surface area contributed by atoms with Crippen molar-refractivity contribution in [3.63, 3.8) is 0 Å². The first-order valence-corrected chi connectivity index (χ1v) is 2.04. The lowest BCUT2D eigenvalue weighted by molar-refractivity contribution is -0.0441. The Labute approximate surface area is 43.4 Å². The summed E-state index contributed by atoms with van der Waals surface area (Å²) in [4.78, 5) is 0. The van der Waals surface area contributed by atoms with Gasteiger partial charge in [0.15, 0.2) is 6.29 Å². The molecule has 42 valence electrons. The van der Waals surface area contributed by atoms with Gasteiger partial charge in [-0.05, 0) is 12.5 Å². The Balaban J connectivity index is 3.34. The van der Waals surface area contributed by atoms with Crippen LogP contribution in [0.3, 0.4) is 0 Å². The van der Waals surface area contributed by atoms with E-state index in [2.05, 4.69) is 11.3 Å². The van der Waals surface area contributed by atoms with Crippen LogP contribution in [0.25, 0.3) is 0 Å². The van der Waals surface area contributed by atoms with E-state index in [0.717, 1.165) is 0 Å². The third-order valence-corrected chi connectivity index (χ3v) is 0.645. The molecule has 0 amide bonds. The maximum absolute atomic E-state index is 8.61. The molecule has 0 aliphatic rings. The maximum Gasteiger partial charge on any atom is 0.176 e. The van der Waals surface area contributed by atoms with Crippen molar-refractivity contribution in [2.24, 2.45) is 0 Å². The monoisotopic (exact) mass is 102 g/mol.